The fourth-order valence-electron chi connectivity index (χ4n) is 2.96. The summed E-state index contributed by atoms with van der Waals surface area (Å²) in [6.45, 7) is 6.29. The third kappa shape index (κ3) is 7.60. The highest BCUT2D eigenvalue weighted by Crippen LogP contribution is 2.25. The lowest BCUT2D eigenvalue weighted by atomic mass is 10.1. The molecule has 2 amide bonds. The number of nitrogens with one attached hydrogen (secondary N) is 1. The molecule has 168 valence electrons. The molecule has 0 bridgehead atoms. The number of nitrogens with zero attached hydrogens (tertiary/aromatic N) is 1. The van der Waals surface area contributed by atoms with Crippen molar-refractivity contribution in [2.24, 2.45) is 5.92 Å². The SMILES string of the molecule is CC[C@H](C(=O)NCC(C)C)N(Cc1ccc(Cl)cc1Cl)C(=O)COc1ccccc1Cl. The Hall–Kier alpha value is -1.95. The van der Waals surface area contributed by atoms with Crippen LogP contribution in [0.15, 0.2) is 42.5 Å². The maximum absolute atomic E-state index is 13.2. The highest BCUT2D eigenvalue weighted by molar-refractivity contribution is 6.35. The van der Waals surface area contributed by atoms with Crippen molar-refractivity contribution in [3.8, 4) is 5.75 Å². The Morgan fingerprint density at radius 3 is 2.39 bits per heavy atom. The van der Waals surface area contributed by atoms with Crippen LogP contribution in [0.1, 0.15) is 32.8 Å². The number of ether oxygens (including phenoxy) is 1. The largest absolute Gasteiger partial charge is 0.482 e. The lowest BCUT2D eigenvalue weighted by molar-refractivity contribution is -0.143. The van der Waals surface area contributed by atoms with E-state index < -0.39 is 6.04 Å². The number of hydrogen-bond donors (Lipinski definition) is 1. The van der Waals surface area contributed by atoms with E-state index in [1.165, 1.54) is 4.90 Å². The van der Waals surface area contributed by atoms with Crippen LogP contribution in [0.3, 0.4) is 0 Å². The fraction of sp³-hybridized carbons (Fsp3) is 0.391. The Kier molecular flexibility index (Phi) is 9.94. The van der Waals surface area contributed by atoms with Gasteiger partial charge in [0.1, 0.15) is 11.8 Å². The number of hydrogen-bond acceptors (Lipinski definition) is 3. The molecular formula is C23H27Cl3N2O3. The maximum atomic E-state index is 13.2. The van der Waals surface area contributed by atoms with Crippen molar-refractivity contribution in [1.29, 1.82) is 0 Å². The normalized spacial score (nSPS) is 11.8. The molecule has 0 saturated carbocycles. The molecule has 0 saturated heterocycles. The molecule has 8 heteroatoms. The lowest BCUT2D eigenvalue weighted by Gasteiger charge is -2.31. The van der Waals surface area contributed by atoms with E-state index in [9.17, 15) is 9.59 Å². The Labute approximate surface area is 198 Å². The average molecular weight is 486 g/mol. The van der Waals surface area contributed by atoms with Crippen LogP contribution >= 0.6 is 34.8 Å². The zero-order valence-corrected chi connectivity index (χ0v) is 20.1. The number of para-hydroxylation sites is 1. The van der Waals surface area contributed by atoms with E-state index in [0.29, 0.717) is 45.3 Å². The van der Waals surface area contributed by atoms with Crippen LogP contribution in [0.5, 0.6) is 5.75 Å². The van der Waals surface area contributed by atoms with Gasteiger partial charge in [-0.2, -0.15) is 0 Å². The van der Waals surface area contributed by atoms with Crippen molar-refractivity contribution in [2.45, 2.75) is 39.8 Å². The van der Waals surface area contributed by atoms with E-state index >= 15 is 0 Å². The zero-order chi connectivity index (χ0) is 23.0. The molecule has 0 unspecified atom stereocenters. The first kappa shape index (κ1) is 25.3. The van der Waals surface area contributed by atoms with Crippen molar-refractivity contribution >= 4 is 46.6 Å². The molecule has 0 aliphatic heterocycles. The minimum absolute atomic E-state index is 0.147. The van der Waals surface area contributed by atoms with Crippen molar-refractivity contribution in [1.82, 2.24) is 10.2 Å². The van der Waals surface area contributed by atoms with Crippen LogP contribution in [0.25, 0.3) is 0 Å². The smallest absolute Gasteiger partial charge is 0.261 e. The first-order valence-corrected chi connectivity index (χ1v) is 11.2. The van der Waals surface area contributed by atoms with Crippen LogP contribution in [0.2, 0.25) is 15.1 Å². The number of benzene rings is 2. The summed E-state index contributed by atoms with van der Waals surface area (Å²) in [4.78, 5) is 27.5. The molecule has 1 N–H and O–H groups in total. The molecule has 1 atom stereocenters. The molecule has 5 nitrogen and oxygen atoms in total. The van der Waals surface area contributed by atoms with Gasteiger partial charge in [-0.1, -0.05) is 73.8 Å². The van der Waals surface area contributed by atoms with Crippen LogP contribution in [0, 0.1) is 5.92 Å². The number of amides is 2. The summed E-state index contributed by atoms with van der Waals surface area (Å²) in [7, 11) is 0. The number of rotatable bonds is 10. The van der Waals surface area contributed by atoms with E-state index in [1.54, 1.807) is 42.5 Å². The summed E-state index contributed by atoms with van der Waals surface area (Å²) in [6.07, 6.45) is 0.437. The Morgan fingerprint density at radius 1 is 1.06 bits per heavy atom. The highest BCUT2D eigenvalue weighted by atomic mass is 35.5. The second-order valence-electron chi connectivity index (χ2n) is 7.54. The Bertz CT molecular complexity index is 905. The predicted octanol–water partition coefficient (Wildman–Crippen LogP) is 5.61. The molecule has 0 heterocycles. The second kappa shape index (κ2) is 12.2. The minimum atomic E-state index is -0.673. The van der Waals surface area contributed by atoms with Gasteiger partial charge in [0.2, 0.25) is 5.91 Å². The topological polar surface area (TPSA) is 58.6 Å². The molecule has 0 aromatic heterocycles. The van der Waals surface area contributed by atoms with Crippen LogP contribution in [-0.4, -0.2) is 35.9 Å². The molecule has 2 rings (SSSR count). The molecule has 31 heavy (non-hydrogen) atoms. The maximum Gasteiger partial charge on any atom is 0.261 e. The van der Waals surface area contributed by atoms with E-state index in [2.05, 4.69) is 5.32 Å². The standard InChI is InChI=1S/C23H27Cl3N2O3/c1-4-20(23(30)27-12-15(2)3)28(13-16-9-10-17(24)11-19(16)26)22(29)14-31-21-8-6-5-7-18(21)25/h5-11,15,20H,4,12-14H2,1-3H3,(H,27,30)/t20-/m1/s1. The Morgan fingerprint density at radius 2 is 1.77 bits per heavy atom. The second-order valence-corrected chi connectivity index (χ2v) is 8.79. The highest BCUT2D eigenvalue weighted by Gasteiger charge is 2.29. The summed E-state index contributed by atoms with van der Waals surface area (Å²) in [5.74, 6) is 0.129. The van der Waals surface area contributed by atoms with E-state index in [4.69, 9.17) is 39.5 Å². The van der Waals surface area contributed by atoms with Crippen LogP contribution in [-0.2, 0) is 16.1 Å². The van der Waals surface area contributed by atoms with Crippen LogP contribution < -0.4 is 10.1 Å². The summed E-state index contributed by atoms with van der Waals surface area (Å²) in [6, 6.07) is 11.3. The fourth-order valence-corrected chi connectivity index (χ4v) is 3.62. The van der Waals surface area contributed by atoms with Gasteiger partial charge in [-0.15, -0.1) is 0 Å². The molecule has 0 fully saturated rings. The van der Waals surface area contributed by atoms with E-state index in [0.717, 1.165) is 0 Å². The van der Waals surface area contributed by atoms with Gasteiger partial charge >= 0.3 is 0 Å². The van der Waals surface area contributed by atoms with Crippen molar-refractivity contribution in [3.63, 3.8) is 0 Å². The first-order valence-electron chi connectivity index (χ1n) is 10.1. The van der Waals surface area contributed by atoms with E-state index in [-0.39, 0.29) is 25.0 Å². The van der Waals surface area contributed by atoms with E-state index in [1.807, 2.05) is 20.8 Å². The van der Waals surface area contributed by atoms with Gasteiger partial charge in [0.05, 0.1) is 5.02 Å². The number of carbonyl (C=O) groups excluding carboxylic acids is 2. The van der Waals surface area contributed by atoms with Crippen LogP contribution in [0.4, 0.5) is 0 Å². The molecule has 0 aliphatic rings. The molecular weight excluding hydrogens is 459 g/mol. The van der Waals surface area contributed by atoms with Gasteiger partial charge in [-0.3, -0.25) is 9.59 Å². The average Bonchev–Trinajstić information content (AvgIpc) is 2.72. The number of halogens is 3. The summed E-state index contributed by atoms with van der Waals surface area (Å²) < 4.78 is 5.63. The monoisotopic (exact) mass is 484 g/mol. The summed E-state index contributed by atoms with van der Waals surface area (Å²) in [5, 5.41) is 4.24. The quantitative estimate of drug-likeness (QED) is 0.476. The van der Waals surface area contributed by atoms with Crippen molar-refractivity contribution in [3.05, 3.63) is 63.1 Å². The first-order chi connectivity index (χ1) is 14.7. The Balaban J connectivity index is 2.25. The van der Waals surface area contributed by atoms with Crippen molar-refractivity contribution in [2.75, 3.05) is 13.2 Å². The third-order valence-corrected chi connectivity index (χ3v) is 5.51. The third-order valence-electron chi connectivity index (χ3n) is 4.61. The molecule has 0 aliphatic carbocycles. The number of carbonyl (C=O) groups is 2. The van der Waals surface area contributed by atoms with Gasteiger partial charge in [-0.25, -0.2) is 0 Å². The molecule has 2 aromatic carbocycles. The summed E-state index contributed by atoms with van der Waals surface area (Å²) in [5.41, 5.74) is 0.687. The summed E-state index contributed by atoms with van der Waals surface area (Å²) >= 11 is 18.4. The zero-order valence-electron chi connectivity index (χ0n) is 17.8. The minimum Gasteiger partial charge on any atom is -0.482 e. The van der Waals surface area contributed by atoms with Gasteiger partial charge < -0.3 is 15.0 Å². The molecule has 0 radical (unpaired) electrons. The predicted molar refractivity (Wildman–Crippen MR) is 126 cm³/mol. The lowest BCUT2D eigenvalue weighted by Crippen LogP contribution is -2.50. The van der Waals surface area contributed by atoms with Gasteiger partial charge in [0.25, 0.3) is 5.91 Å². The van der Waals surface area contributed by atoms with Crippen molar-refractivity contribution < 1.29 is 14.3 Å². The van der Waals surface area contributed by atoms with Gasteiger partial charge in [0.15, 0.2) is 6.61 Å². The molecule has 0 spiro atoms. The molecule has 2 aromatic rings. The van der Waals surface area contributed by atoms with Gasteiger partial charge in [-0.05, 0) is 42.2 Å². The van der Waals surface area contributed by atoms with Gasteiger partial charge in [0, 0.05) is 23.1 Å².